The normalized spacial score (nSPS) is 17.3. The van der Waals surface area contributed by atoms with Crippen molar-refractivity contribution >= 4 is 5.78 Å². The molecule has 0 atom stereocenters. The number of ketones is 1. The molecule has 1 aliphatic carbocycles. The first-order valence-electron chi connectivity index (χ1n) is 13.5. The molecule has 0 radical (unpaired) electrons. The molecule has 1 fully saturated rings. The molecule has 0 aliphatic heterocycles. The van der Waals surface area contributed by atoms with Gasteiger partial charge in [-0.25, -0.2) is 9.37 Å². The molecule has 0 N–H and O–H groups in total. The number of imidazole rings is 1. The lowest BCUT2D eigenvalue weighted by atomic mass is 9.78. The van der Waals surface area contributed by atoms with Crippen LogP contribution in [0.25, 0.3) is 16.9 Å². The highest BCUT2D eigenvalue weighted by Crippen LogP contribution is 2.34. The maximum absolute atomic E-state index is 13.6. The Morgan fingerprint density at radius 3 is 2.53 bits per heavy atom. The van der Waals surface area contributed by atoms with Crippen LogP contribution in [-0.4, -0.2) is 27.4 Å². The Morgan fingerprint density at radius 2 is 1.79 bits per heavy atom. The highest BCUT2D eigenvalue weighted by molar-refractivity contribution is 5.81. The molecule has 6 heteroatoms. The second-order valence-electron chi connectivity index (χ2n) is 10.3. The number of methoxy groups -OCH3 is 1. The molecular weight excluding hydrogens is 477 g/mol. The minimum absolute atomic E-state index is 0.202. The zero-order chi connectivity index (χ0) is 26.3. The SMILES string of the molecule is COc1cccc(-c2cn(-c3ccc(F)cc3)c(CC(=O)CC3CCC(CCc4ccccn4)CC3)n2)c1. The monoisotopic (exact) mass is 511 g/mol. The van der Waals surface area contributed by atoms with Crippen LogP contribution in [-0.2, 0) is 17.6 Å². The third kappa shape index (κ3) is 6.55. The zero-order valence-electron chi connectivity index (χ0n) is 21.9. The number of halogens is 1. The predicted molar refractivity (Wildman–Crippen MR) is 147 cm³/mol. The number of pyridine rings is 1. The Kier molecular flexibility index (Phi) is 8.27. The number of aryl methyl sites for hydroxylation is 1. The van der Waals surface area contributed by atoms with E-state index in [0.29, 0.717) is 24.1 Å². The van der Waals surface area contributed by atoms with Crippen molar-refractivity contribution in [3.8, 4) is 22.7 Å². The van der Waals surface area contributed by atoms with Crippen molar-refractivity contribution in [3.05, 3.63) is 96.5 Å². The Bertz CT molecular complexity index is 1340. The summed E-state index contributed by atoms with van der Waals surface area (Å²) < 4.78 is 20.9. The van der Waals surface area contributed by atoms with E-state index in [-0.39, 0.29) is 18.0 Å². The summed E-state index contributed by atoms with van der Waals surface area (Å²) in [4.78, 5) is 22.5. The molecule has 1 saturated carbocycles. The average molecular weight is 512 g/mol. The van der Waals surface area contributed by atoms with Crippen LogP contribution in [0.5, 0.6) is 5.75 Å². The van der Waals surface area contributed by atoms with Crippen LogP contribution in [0.3, 0.4) is 0 Å². The van der Waals surface area contributed by atoms with E-state index in [2.05, 4.69) is 11.1 Å². The summed E-state index contributed by atoms with van der Waals surface area (Å²) in [5, 5.41) is 0. The van der Waals surface area contributed by atoms with Crippen LogP contribution in [0.1, 0.15) is 50.0 Å². The van der Waals surface area contributed by atoms with Gasteiger partial charge in [0.15, 0.2) is 0 Å². The van der Waals surface area contributed by atoms with Crippen molar-refractivity contribution in [1.29, 1.82) is 0 Å². The number of ether oxygens (including phenoxy) is 1. The Balaban J connectivity index is 1.23. The molecule has 0 spiro atoms. The first-order valence-corrected chi connectivity index (χ1v) is 13.5. The van der Waals surface area contributed by atoms with E-state index in [1.54, 1.807) is 19.2 Å². The number of aromatic nitrogens is 3. The van der Waals surface area contributed by atoms with E-state index in [0.717, 1.165) is 47.7 Å². The second-order valence-corrected chi connectivity index (χ2v) is 10.3. The van der Waals surface area contributed by atoms with Gasteiger partial charge in [0.2, 0.25) is 0 Å². The van der Waals surface area contributed by atoms with Crippen molar-refractivity contribution in [3.63, 3.8) is 0 Å². The van der Waals surface area contributed by atoms with E-state index in [1.807, 2.05) is 53.4 Å². The topological polar surface area (TPSA) is 57.0 Å². The van der Waals surface area contributed by atoms with Crippen LogP contribution >= 0.6 is 0 Å². The molecular formula is C32H34FN3O2. The van der Waals surface area contributed by atoms with Gasteiger partial charge in [-0.3, -0.25) is 9.78 Å². The van der Waals surface area contributed by atoms with Crippen molar-refractivity contribution in [2.24, 2.45) is 11.8 Å². The minimum Gasteiger partial charge on any atom is -0.497 e. The van der Waals surface area contributed by atoms with E-state index >= 15 is 0 Å². The maximum Gasteiger partial charge on any atom is 0.140 e. The van der Waals surface area contributed by atoms with Gasteiger partial charge in [-0.15, -0.1) is 0 Å². The molecule has 2 heterocycles. The molecule has 1 aliphatic rings. The lowest BCUT2D eigenvalue weighted by Gasteiger charge is -2.28. The van der Waals surface area contributed by atoms with Crippen molar-refractivity contribution in [2.75, 3.05) is 7.11 Å². The number of carbonyl (C=O) groups is 1. The summed E-state index contributed by atoms with van der Waals surface area (Å²) in [6.07, 6.45) is 11.3. The lowest BCUT2D eigenvalue weighted by Crippen LogP contribution is -2.19. The highest BCUT2D eigenvalue weighted by Gasteiger charge is 2.24. The summed E-state index contributed by atoms with van der Waals surface area (Å²) in [6, 6.07) is 20.1. The van der Waals surface area contributed by atoms with Gasteiger partial charge in [-0.1, -0.05) is 31.0 Å². The summed E-state index contributed by atoms with van der Waals surface area (Å²) >= 11 is 0. The fraction of sp³-hybridized carbons (Fsp3) is 0.344. The Hall–Kier alpha value is -3.80. The van der Waals surface area contributed by atoms with Gasteiger partial charge in [-0.05, 0) is 86.1 Å². The van der Waals surface area contributed by atoms with E-state index in [9.17, 15) is 9.18 Å². The molecule has 0 saturated heterocycles. The van der Waals surface area contributed by atoms with Crippen LogP contribution in [0, 0.1) is 17.7 Å². The van der Waals surface area contributed by atoms with E-state index in [4.69, 9.17) is 9.72 Å². The van der Waals surface area contributed by atoms with Gasteiger partial charge in [0, 0.05) is 35.8 Å². The highest BCUT2D eigenvalue weighted by atomic mass is 19.1. The standard InChI is InChI=1S/C32H34FN3O2/c1-38-30-7-4-5-25(20-30)31-22-36(28-16-13-26(33)14-17-28)32(35-31)21-29(37)19-24-10-8-23(9-11-24)12-15-27-6-2-3-18-34-27/h2-7,13-14,16-18,20,22-24H,8-12,15,19,21H2,1H3. The number of benzene rings is 2. The lowest BCUT2D eigenvalue weighted by molar-refractivity contribution is -0.119. The fourth-order valence-corrected chi connectivity index (χ4v) is 5.48. The molecule has 0 bridgehead atoms. The summed E-state index contributed by atoms with van der Waals surface area (Å²) in [7, 11) is 1.63. The third-order valence-electron chi connectivity index (χ3n) is 7.62. The zero-order valence-corrected chi connectivity index (χ0v) is 21.9. The van der Waals surface area contributed by atoms with Gasteiger partial charge < -0.3 is 9.30 Å². The summed E-state index contributed by atoms with van der Waals surface area (Å²) in [5.74, 6) is 2.46. The molecule has 0 unspecified atom stereocenters. The van der Waals surface area contributed by atoms with Crippen molar-refractivity contribution in [1.82, 2.24) is 14.5 Å². The van der Waals surface area contributed by atoms with E-state index in [1.165, 1.54) is 31.4 Å². The molecule has 5 rings (SSSR count). The third-order valence-corrected chi connectivity index (χ3v) is 7.62. The first-order chi connectivity index (χ1) is 18.6. The number of hydrogen-bond donors (Lipinski definition) is 0. The number of hydrogen-bond acceptors (Lipinski definition) is 4. The van der Waals surface area contributed by atoms with Crippen molar-refractivity contribution < 1.29 is 13.9 Å². The minimum atomic E-state index is -0.296. The number of Topliss-reactive ketones (excluding diaryl/α,β-unsaturated/α-hetero) is 1. The molecule has 2 aromatic heterocycles. The van der Waals surface area contributed by atoms with Gasteiger partial charge in [0.05, 0.1) is 19.2 Å². The number of rotatable bonds is 10. The molecule has 196 valence electrons. The van der Waals surface area contributed by atoms with Crippen LogP contribution in [0.15, 0.2) is 79.1 Å². The Labute approximate surface area is 223 Å². The second kappa shape index (κ2) is 12.2. The van der Waals surface area contributed by atoms with Gasteiger partial charge >= 0.3 is 0 Å². The predicted octanol–water partition coefficient (Wildman–Crippen LogP) is 7.02. The molecule has 2 aromatic carbocycles. The van der Waals surface area contributed by atoms with Crippen LogP contribution in [0.4, 0.5) is 4.39 Å². The summed E-state index contributed by atoms with van der Waals surface area (Å²) in [5.41, 5.74) is 3.60. The first kappa shape index (κ1) is 25.8. The quantitative estimate of drug-likeness (QED) is 0.230. The van der Waals surface area contributed by atoms with E-state index < -0.39 is 0 Å². The smallest absolute Gasteiger partial charge is 0.140 e. The maximum atomic E-state index is 13.6. The molecule has 5 nitrogen and oxygen atoms in total. The largest absolute Gasteiger partial charge is 0.497 e. The van der Waals surface area contributed by atoms with Gasteiger partial charge in [0.1, 0.15) is 23.2 Å². The number of nitrogens with zero attached hydrogens (tertiary/aromatic N) is 3. The van der Waals surface area contributed by atoms with Crippen LogP contribution < -0.4 is 4.74 Å². The molecule has 4 aromatic rings. The number of carbonyl (C=O) groups excluding carboxylic acids is 1. The molecule has 38 heavy (non-hydrogen) atoms. The fourth-order valence-electron chi connectivity index (χ4n) is 5.48. The van der Waals surface area contributed by atoms with Crippen molar-refractivity contribution in [2.45, 2.75) is 51.4 Å². The van der Waals surface area contributed by atoms with Crippen LogP contribution in [0.2, 0.25) is 0 Å². The molecule has 0 amide bonds. The summed E-state index contributed by atoms with van der Waals surface area (Å²) in [6.45, 7) is 0. The Morgan fingerprint density at radius 1 is 1.00 bits per heavy atom. The average Bonchev–Trinajstić information content (AvgIpc) is 3.37. The van der Waals surface area contributed by atoms with Gasteiger partial charge in [0.25, 0.3) is 0 Å². The van der Waals surface area contributed by atoms with Gasteiger partial charge in [-0.2, -0.15) is 0 Å².